The second-order valence-electron chi connectivity index (χ2n) is 3.98. The Bertz CT molecular complexity index is 446. The Balaban J connectivity index is 3.24. The maximum Gasteiger partial charge on any atom is 0.207 e. The van der Waals surface area contributed by atoms with Crippen LogP contribution in [0.2, 0.25) is 0 Å². The van der Waals surface area contributed by atoms with Crippen LogP contribution in [-0.2, 0) is 9.47 Å². The summed E-state index contributed by atoms with van der Waals surface area (Å²) in [5.41, 5.74) is 0.364. The fourth-order valence-electron chi connectivity index (χ4n) is 1.51. The Morgan fingerprint density at radius 3 is 2.05 bits per heavy atom. The average molecular weight is 284 g/mol. The van der Waals surface area contributed by atoms with E-state index in [1.54, 1.807) is 26.0 Å². The molecule has 0 saturated heterocycles. The predicted molar refractivity (Wildman–Crippen MR) is 72.6 cm³/mol. The molecule has 0 aliphatic carbocycles. The van der Waals surface area contributed by atoms with Gasteiger partial charge in [0.25, 0.3) is 0 Å². The largest absolute Gasteiger partial charge is 0.492 e. The Hall–Kier alpha value is -1.79. The van der Waals surface area contributed by atoms with Crippen LogP contribution in [0.3, 0.4) is 0 Å². The Labute approximate surface area is 118 Å². The van der Waals surface area contributed by atoms with E-state index in [1.165, 1.54) is 21.3 Å². The van der Waals surface area contributed by atoms with E-state index in [1.807, 2.05) is 0 Å². The van der Waals surface area contributed by atoms with Crippen molar-refractivity contribution in [3.63, 3.8) is 0 Å². The van der Waals surface area contributed by atoms with E-state index in [9.17, 15) is 4.79 Å². The number of benzene rings is 1. The van der Waals surface area contributed by atoms with Crippen molar-refractivity contribution >= 4 is 6.29 Å². The van der Waals surface area contributed by atoms with Gasteiger partial charge in [-0.1, -0.05) is 0 Å². The maximum absolute atomic E-state index is 11.1. The van der Waals surface area contributed by atoms with Gasteiger partial charge in [0.15, 0.2) is 30.4 Å². The van der Waals surface area contributed by atoms with Gasteiger partial charge in [0.2, 0.25) is 5.75 Å². The first-order chi connectivity index (χ1) is 9.57. The summed E-state index contributed by atoms with van der Waals surface area (Å²) < 4.78 is 26.5. The quantitative estimate of drug-likeness (QED) is 0.539. The molecule has 6 heteroatoms. The van der Waals surface area contributed by atoms with Crippen molar-refractivity contribution in [2.75, 3.05) is 21.3 Å². The zero-order valence-corrected chi connectivity index (χ0v) is 12.3. The van der Waals surface area contributed by atoms with Gasteiger partial charge in [-0.3, -0.25) is 4.79 Å². The summed E-state index contributed by atoms with van der Waals surface area (Å²) >= 11 is 0. The Kier molecular flexibility index (Phi) is 6.27. The lowest BCUT2D eigenvalue weighted by Gasteiger charge is -2.21. The third-order valence-electron chi connectivity index (χ3n) is 2.68. The molecule has 20 heavy (non-hydrogen) atoms. The molecule has 0 aliphatic rings. The van der Waals surface area contributed by atoms with Crippen LogP contribution in [0.5, 0.6) is 17.2 Å². The number of hydrogen-bond donors (Lipinski definition) is 0. The fourth-order valence-corrected chi connectivity index (χ4v) is 1.51. The highest BCUT2D eigenvalue weighted by Gasteiger charge is 2.20. The van der Waals surface area contributed by atoms with Crippen LogP contribution in [0.4, 0.5) is 0 Å². The summed E-state index contributed by atoms with van der Waals surface area (Å²) in [6.07, 6.45) is -0.305. The fraction of sp³-hybridized carbons (Fsp3) is 0.500. The lowest BCUT2D eigenvalue weighted by atomic mass is 10.2. The monoisotopic (exact) mass is 284 g/mol. The molecule has 0 radical (unpaired) electrons. The zero-order valence-electron chi connectivity index (χ0n) is 12.3. The highest BCUT2D eigenvalue weighted by Crippen LogP contribution is 2.40. The molecule has 0 heterocycles. The summed E-state index contributed by atoms with van der Waals surface area (Å²) in [6.45, 7) is 3.46. The molecule has 112 valence electrons. The second kappa shape index (κ2) is 7.72. The van der Waals surface area contributed by atoms with Gasteiger partial charge in [0, 0.05) is 14.2 Å². The van der Waals surface area contributed by atoms with Crippen LogP contribution in [0, 0.1) is 0 Å². The molecular weight excluding hydrogens is 264 g/mol. The van der Waals surface area contributed by atoms with Gasteiger partial charge in [0.1, 0.15) is 0 Å². The molecule has 2 unspecified atom stereocenters. The summed E-state index contributed by atoms with van der Waals surface area (Å²) in [5, 5.41) is 0. The molecule has 0 aromatic heterocycles. The van der Waals surface area contributed by atoms with Crippen LogP contribution in [0.25, 0.3) is 0 Å². The predicted octanol–water partition coefficient (Wildman–Crippen LogP) is 2.25. The minimum atomic E-state index is -0.522. The first-order valence-electron chi connectivity index (χ1n) is 6.12. The smallest absolute Gasteiger partial charge is 0.207 e. The maximum atomic E-state index is 11.1. The SMILES string of the molecule is COc1c(C=O)ccc(OC(C)OC)c1OC(C)OC. The molecule has 0 saturated carbocycles. The molecule has 0 bridgehead atoms. The molecule has 6 nitrogen and oxygen atoms in total. The van der Waals surface area contributed by atoms with Crippen molar-refractivity contribution in [1.29, 1.82) is 0 Å². The van der Waals surface area contributed by atoms with E-state index >= 15 is 0 Å². The van der Waals surface area contributed by atoms with Gasteiger partial charge < -0.3 is 23.7 Å². The summed E-state index contributed by atoms with van der Waals surface area (Å²) in [5.74, 6) is 1.01. The summed E-state index contributed by atoms with van der Waals surface area (Å²) in [6, 6.07) is 3.22. The second-order valence-corrected chi connectivity index (χ2v) is 3.98. The van der Waals surface area contributed by atoms with Crippen LogP contribution >= 0.6 is 0 Å². The number of aldehydes is 1. The summed E-state index contributed by atoms with van der Waals surface area (Å²) in [4.78, 5) is 11.1. The highest BCUT2D eigenvalue weighted by atomic mass is 16.7. The van der Waals surface area contributed by atoms with Crippen LogP contribution in [0.15, 0.2) is 12.1 Å². The third-order valence-corrected chi connectivity index (χ3v) is 2.68. The van der Waals surface area contributed by atoms with E-state index in [4.69, 9.17) is 23.7 Å². The van der Waals surface area contributed by atoms with Crippen LogP contribution < -0.4 is 14.2 Å². The third kappa shape index (κ3) is 3.85. The molecule has 1 rings (SSSR count). The minimum Gasteiger partial charge on any atom is -0.492 e. The lowest BCUT2D eigenvalue weighted by Crippen LogP contribution is -2.18. The zero-order chi connectivity index (χ0) is 15.1. The number of rotatable bonds is 8. The number of methoxy groups -OCH3 is 3. The summed E-state index contributed by atoms with van der Waals surface area (Å²) in [7, 11) is 4.50. The van der Waals surface area contributed by atoms with E-state index in [2.05, 4.69) is 0 Å². The standard InChI is InChI=1S/C14H20O6/c1-9(16-3)19-12-7-6-11(8-15)13(18-5)14(12)20-10(2)17-4/h6-10H,1-5H3. The minimum absolute atomic E-state index is 0.296. The van der Waals surface area contributed by atoms with Crippen molar-refractivity contribution in [3.8, 4) is 17.2 Å². The lowest BCUT2D eigenvalue weighted by molar-refractivity contribution is -0.0562. The van der Waals surface area contributed by atoms with Crippen molar-refractivity contribution in [2.24, 2.45) is 0 Å². The molecule has 0 aliphatic heterocycles. The van der Waals surface area contributed by atoms with Crippen LogP contribution in [0.1, 0.15) is 24.2 Å². The molecule has 2 atom stereocenters. The molecular formula is C14H20O6. The van der Waals surface area contributed by atoms with Crippen molar-refractivity contribution in [3.05, 3.63) is 17.7 Å². The number of carbonyl (C=O) groups excluding carboxylic acids is 1. The van der Waals surface area contributed by atoms with Crippen LogP contribution in [-0.4, -0.2) is 40.2 Å². The number of hydrogen-bond acceptors (Lipinski definition) is 6. The van der Waals surface area contributed by atoms with Gasteiger partial charge in [-0.25, -0.2) is 0 Å². The molecule has 0 fully saturated rings. The topological polar surface area (TPSA) is 63.2 Å². The Morgan fingerprint density at radius 2 is 1.55 bits per heavy atom. The van der Waals surface area contributed by atoms with Gasteiger partial charge in [-0.2, -0.15) is 0 Å². The first kappa shape index (κ1) is 16.3. The number of ether oxygens (including phenoxy) is 5. The number of carbonyl (C=O) groups is 1. The average Bonchev–Trinajstić information content (AvgIpc) is 2.47. The molecule has 0 amide bonds. The van der Waals surface area contributed by atoms with E-state index in [-0.39, 0.29) is 0 Å². The van der Waals surface area contributed by atoms with E-state index < -0.39 is 12.6 Å². The van der Waals surface area contributed by atoms with E-state index in [0.29, 0.717) is 29.1 Å². The first-order valence-corrected chi connectivity index (χ1v) is 6.12. The van der Waals surface area contributed by atoms with Gasteiger partial charge in [-0.15, -0.1) is 0 Å². The van der Waals surface area contributed by atoms with Crippen molar-refractivity contribution in [1.82, 2.24) is 0 Å². The normalized spacial score (nSPS) is 13.4. The van der Waals surface area contributed by atoms with Gasteiger partial charge >= 0.3 is 0 Å². The van der Waals surface area contributed by atoms with Crippen molar-refractivity contribution in [2.45, 2.75) is 26.4 Å². The van der Waals surface area contributed by atoms with Crippen molar-refractivity contribution < 1.29 is 28.5 Å². The molecule has 0 N–H and O–H groups in total. The molecule has 0 spiro atoms. The van der Waals surface area contributed by atoms with Gasteiger partial charge in [0.05, 0.1) is 12.7 Å². The highest BCUT2D eigenvalue weighted by molar-refractivity contribution is 5.82. The Morgan fingerprint density at radius 1 is 0.950 bits per heavy atom. The molecule has 1 aromatic carbocycles. The van der Waals surface area contributed by atoms with E-state index in [0.717, 1.165) is 0 Å². The molecule has 1 aromatic rings. The van der Waals surface area contributed by atoms with Gasteiger partial charge in [-0.05, 0) is 26.0 Å².